The molecule has 33 heavy (non-hydrogen) atoms. The number of ether oxygens (including phenoxy) is 3. The van der Waals surface area contributed by atoms with Gasteiger partial charge in [0.05, 0.1) is 0 Å². The summed E-state index contributed by atoms with van der Waals surface area (Å²) in [5.41, 5.74) is -1.45. The summed E-state index contributed by atoms with van der Waals surface area (Å²) < 4.78 is 15.1. The molecule has 10 heteroatoms. The molecule has 1 aromatic carbocycles. The van der Waals surface area contributed by atoms with E-state index in [4.69, 9.17) is 25.8 Å². The Labute approximate surface area is 198 Å². The molecule has 0 spiro atoms. The molecule has 0 heterocycles. The van der Waals surface area contributed by atoms with Crippen molar-refractivity contribution in [2.75, 3.05) is 13.8 Å². The Hall–Kier alpha value is -2.81. The largest absolute Gasteiger partial charge is 0.444 e. The van der Waals surface area contributed by atoms with E-state index in [0.29, 0.717) is 23.4 Å². The first-order chi connectivity index (χ1) is 15.4. The first kappa shape index (κ1) is 26.4. The van der Waals surface area contributed by atoms with Crippen LogP contribution in [0.5, 0.6) is 0 Å². The van der Waals surface area contributed by atoms with Gasteiger partial charge in [-0.2, -0.15) is 0 Å². The van der Waals surface area contributed by atoms with E-state index in [1.165, 1.54) is 18.9 Å². The molecule has 182 valence electrons. The number of ketones is 1. The second-order valence-electron chi connectivity index (χ2n) is 8.89. The molecule has 0 unspecified atom stereocenters. The van der Waals surface area contributed by atoms with Crippen molar-refractivity contribution in [3.63, 3.8) is 0 Å². The van der Waals surface area contributed by atoms with Gasteiger partial charge >= 0.3 is 18.2 Å². The Balaban J connectivity index is 2.01. The van der Waals surface area contributed by atoms with Crippen molar-refractivity contribution >= 4 is 35.5 Å². The Morgan fingerprint density at radius 2 is 1.85 bits per heavy atom. The molecule has 1 fully saturated rings. The fourth-order valence-corrected chi connectivity index (χ4v) is 3.98. The predicted molar refractivity (Wildman–Crippen MR) is 121 cm³/mol. The number of hydrogen-bond acceptors (Lipinski definition) is 7. The quantitative estimate of drug-likeness (QED) is 0.478. The van der Waals surface area contributed by atoms with Crippen LogP contribution in [-0.4, -0.2) is 54.3 Å². The molecule has 2 rings (SSSR count). The van der Waals surface area contributed by atoms with Crippen molar-refractivity contribution in [3.05, 3.63) is 34.9 Å². The van der Waals surface area contributed by atoms with Crippen molar-refractivity contribution < 1.29 is 33.4 Å². The van der Waals surface area contributed by atoms with Gasteiger partial charge < -0.3 is 19.5 Å². The van der Waals surface area contributed by atoms with Crippen LogP contribution < -0.4 is 5.32 Å². The number of benzene rings is 1. The summed E-state index contributed by atoms with van der Waals surface area (Å²) in [6.07, 6.45) is 0.557. The van der Waals surface area contributed by atoms with Crippen LogP contribution >= 0.6 is 11.6 Å². The SMILES string of the molecule is C[C@H](NC(=O)OC(C)(C)C)C(=O)OCOC(=O)N(C)[C@]1(c2ccccc2Cl)CCCCC1=O. The highest BCUT2D eigenvalue weighted by Crippen LogP contribution is 2.42. The van der Waals surface area contributed by atoms with Gasteiger partial charge in [0.2, 0.25) is 6.79 Å². The lowest BCUT2D eigenvalue weighted by Crippen LogP contribution is -2.54. The molecule has 2 amide bonds. The Morgan fingerprint density at radius 3 is 2.45 bits per heavy atom. The van der Waals surface area contributed by atoms with Crippen LogP contribution in [0.1, 0.15) is 58.9 Å². The van der Waals surface area contributed by atoms with Crippen molar-refractivity contribution in [2.45, 2.75) is 70.6 Å². The second kappa shape index (κ2) is 10.9. The van der Waals surface area contributed by atoms with Gasteiger partial charge in [0.1, 0.15) is 17.2 Å². The Bertz CT molecular complexity index is 899. The van der Waals surface area contributed by atoms with Gasteiger partial charge in [-0.05, 0) is 53.0 Å². The summed E-state index contributed by atoms with van der Waals surface area (Å²) in [5.74, 6) is -0.945. The summed E-state index contributed by atoms with van der Waals surface area (Å²) in [5, 5.41) is 2.72. The molecule has 1 aromatic rings. The van der Waals surface area contributed by atoms with Gasteiger partial charge in [0.15, 0.2) is 5.78 Å². The van der Waals surface area contributed by atoms with Crippen molar-refractivity contribution in [3.8, 4) is 0 Å². The molecule has 0 bridgehead atoms. The number of rotatable bonds is 6. The zero-order valence-corrected chi connectivity index (χ0v) is 20.4. The number of nitrogens with zero attached hydrogens (tertiary/aromatic N) is 1. The second-order valence-corrected chi connectivity index (χ2v) is 9.30. The number of likely N-dealkylation sites (N-methyl/N-ethyl adjacent to an activating group) is 1. The first-order valence-electron chi connectivity index (χ1n) is 10.7. The van der Waals surface area contributed by atoms with Crippen molar-refractivity contribution in [1.29, 1.82) is 0 Å². The van der Waals surface area contributed by atoms with Crippen LogP contribution in [0.15, 0.2) is 24.3 Å². The summed E-state index contributed by atoms with van der Waals surface area (Å²) in [6.45, 7) is 5.80. The molecule has 1 N–H and O–H groups in total. The fraction of sp³-hybridized carbons (Fsp3) is 0.565. The molecule has 0 radical (unpaired) electrons. The van der Waals surface area contributed by atoms with Crippen LogP contribution in [-0.2, 0) is 29.3 Å². The van der Waals surface area contributed by atoms with Crippen molar-refractivity contribution in [1.82, 2.24) is 10.2 Å². The van der Waals surface area contributed by atoms with E-state index in [2.05, 4.69) is 5.32 Å². The van der Waals surface area contributed by atoms with E-state index >= 15 is 0 Å². The van der Waals surface area contributed by atoms with E-state index in [-0.39, 0.29) is 5.78 Å². The number of nitrogens with one attached hydrogen (secondary N) is 1. The third-order valence-corrected chi connectivity index (χ3v) is 5.62. The van der Waals surface area contributed by atoms with Gasteiger partial charge in [-0.25, -0.2) is 14.4 Å². The number of Topliss-reactive ketones (excluding diaryl/α,β-unsaturated/α-hetero) is 1. The van der Waals surface area contributed by atoms with E-state index in [9.17, 15) is 19.2 Å². The lowest BCUT2D eigenvalue weighted by molar-refractivity contribution is -0.155. The highest BCUT2D eigenvalue weighted by atomic mass is 35.5. The van der Waals surface area contributed by atoms with E-state index in [0.717, 1.165) is 12.8 Å². The van der Waals surface area contributed by atoms with Gasteiger partial charge in [0.25, 0.3) is 0 Å². The van der Waals surface area contributed by atoms with Crippen LogP contribution in [0, 0.1) is 0 Å². The minimum Gasteiger partial charge on any atom is -0.444 e. The first-order valence-corrected chi connectivity index (χ1v) is 11.1. The van der Waals surface area contributed by atoms with Gasteiger partial charge in [0, 0.05) is 24.1 Å². The van der Waals surface area contributed by atoms with Crippen LogP contribution in [0.2, 0.25) is 5.02 Å². The lowest BCUT2D eigenvalue weighted by atomic mass is 9.74. The number of alkyl carbamates (subject to hydrolysis) is 1. The molecule has 9 nitrogen and oxygen atoms in total. The van der Waals surface area contributed by atoms with E-state index in [1.54, 1.807) is 45.0 Å². The van der Waals surface area contributed by atoms with Crippen LogP contribution in [0.4, 0.5) is 9.59 Å². The van der Waals surface area contributed by atoms with E-state index < -0.39 is 42.1 Å². The summed E-state index contributed by atoms with van der Waals surface area (Å²) in [6, 6.07) is 5.87. The molecule has 1 aliphatic carbocycles. The van der Waals surface area contributed by atoms with Crippen molar-refractivity contribution in [2.24, 2.45) is 0 Å². The zero-order chi connectivity index (χ0) is 24.8. The molecule has 1 saturated carbocycles. The van der Waals surface area contributed by atoms with Gasteiger partial charge in [-0.3, -0.25) is 9.69 Å². The molecule has 0 aromatic heterocycles. The molecular formula is C23H31ClN2O7. The summed E-state index contributed by atoms with van der Waals surface area (Å²) in [7, 11) is 1.46. The number of carbonyl (C=O) groups is 4. The maximum atomic E-state index is 13.0. The number of hydrogen-bond donors (Lipinski definition) is 1. The Kier molecular flexibility index (Phi) is 8.71. The molecular weight excluding hydrogens is 452 g/mol. The van der Waals surface area contributed by atoms with Gasteiger partial charge in [-0.1, -0.05) is 29.8 Å². The van der Waals surface area contributed by atoms with Crippen LogP contribution in [0.3, 0.4) is 0 Å². The third-order valence-electron chi connectivity index (χ3n) is 5.29. The molecule has 0 saturated heterocycles. The Morgan fingerprint density at radius 1 is 1.18 bits per heavy atom. The normalized spacial score (nSPS) is 19.3. The zero-order valence-electron chi connectivity index (χ0n) is 19.6. The maximum Gasteiger partial charge on any atom is 0.413 e. The average molecular weight is 483 g/mol. The number of amides is 2. The summed E-state index contributed by atoms with van der Waals surface area (Å²) in [4.78, 5) is 50.9. The maximum absolute atomic E-state index is 13.0. The predicted octanol–water partition coefficient (Wildman–Crippen LogP) is 4.16. The van der Waals surface area contributed by atoms with E-state index in [1.807, 2.05) is 0 Å². The minimum atomic E-state index is -1.26. The topological polar surface area (TPSA) is 111 Å². The minimum absolute atomic E-state index is 0.131. The highest BCUT2D eigenvalue weighted by Gasteiger charge is 2.48. The smallest absolute Gasteiger partial charge is 0.413 e. The molecule has 2 atom stereocenters. The number of halogens is 1. The van der Waals surface area contributed by atoms with Gasteiger partial charge in [-0.15, -0.1) is 0 Å². The highest BCUT2D eigenvalue weighted by molar-refractivity contribution is 6.31. The monoisotopic (exact) mass is 482 g/mol. The number of esters is 1. The summed E-state index contributed by atoms with van der Waals surface area (Å²) >= 11 is 6.38. The molecule has 1 aliphatic rings. The molecule has 0 aliphatic heterocycles. The standard InChI is InChI=1S/C23H31ClN2O7/c1-15(25-20(29)33-22(2,3)4)19(28)31-14-32-21(30)26(5)23(13-9-8-12-18(23)27)16-10-6-7-11-17(16)24/h6-7,10-11,15H,8-9,12-14H2,1-5H3,(H,25,29)/t15-,23-/m0/s1. The fourth-order valence-electron chi connectivity index (χ4n) is 3.69. The van der Waals surface area contributed by atoms with Crippen LogP contribution in [0.25, 0.3) is 0 Å². The lowest BCUT2D eigenvalue weighted by Gasteiger charge is -2.43. The number of carbonyl (C=O) groups excluding carboxylic acids is 4. The third kappa shape index (κ3) is 6.60. The average Bonchev–Trinajstić information content (AvgIpc) is 2.72.